The van der Waals surface area contributed by atoms with Crippen LogP contribution in [0.4, 0.5) is 0 Å². The van der Waals surface area contributed by atoms with Crippen LogP contribution in [-0.2, 0) is 19.6 Å². The van der Waals surface area contributed by atoms with Crippen molar-refractivity contribution in [1.82, 2.24) is 4.31 Å². The lowest BCUT2D eigenvalue weighted by Crippen LogP contribution is -2.48. The summed E-state index contributed by atoms with van der Waals surface area (Å²) >= 11 is 0. The Morgan fingerprint density at radius 1 is 1.32 bits per heavy atom. The van der Waals surface area contributed by atoms with Gasteiger partial charge in [-0.2, -0.15) is 4.31 Å². The summed E-state index contributed by atoms with van der Waals surface area (Å²) in [6, 6.07) is 5.93. The summed E-state index contributed by atoms with van der Waals surface area (Å²) < 4.78 is 32.1. The highest BCUT2D eigenvalue weighted by atomic mass is 32.2. The van der Waals surface area contributed by atoms with E-state index in [4.69, 9.17) is 4.74 Å². The van der Waals surface area contributed by atoms with Crippen LogP contribution in [0.3, 0.4) is 0 Å². The molecule has 0 spiro atoms. The molecule has 0 N–H and O–H groups in total. The van der Waals surface area contributed by atoms with Crippen molar-refractivity contribution >= 4 is 21.6 Å². The fourth-order valence-corrected chi connectivity index (χ4v) is 4.70. The first kappa shape index (κ1) is 16.7. The lowest BCUT2D eigenvalue weighted by atomic mass is 10.0. The van der Waals surface area contributed by atoms with E-state index in [9.17, 15) is 13.2 Å². The van der Waals surface area contributed by atoms with Crippen LogP contribution in [-0.4, -0.2) is 38.4 Å². The zero-order chi connectivity index (χ0) is 16.5. The van der Waals surface area contributed by atoms with Crippen molar-refractivity contribution in [3.05, 3.63) is 36.4 Å². The van der Waals surface area contributed by atoms with Gasteiger partial charge in [-0.1, -0.05) is 38.6 Å². The van der Waals surface area contributed by atoms with E-state index >= 15 is 0 Å². The zero-order valence-corrected chi connectivity index (χ0v) is 13.9. The predicted molar refractivity (Wildman–Crippen MR) is 84.6 cm³/mol. The van der Waals surface area contributed by atoms with Crippen molar-refractivity contribution in [2.24, 2.45) is 5.92 Å². The molecule has 0 aromatic heterocycles. The molecule has 0 saturated carbocycles. The highest BCUT2D eigenvalue weighted by molar-refractivity contribution is 7.89. The molecule has 0 unspecified atom stereocenters. The van der Waals surface area contributed by atoms with Gasteiger partial charge < -0.3 is 4.74 Å². The highest BCUT2D eigenvalue weighted by Crippen LogP contribution is 2.33. The monoisotopic (exact) mass is 323 g/mol. The molecule has 1 aromatic rings. The number of sulfonamides is 1. The van der Waals surface area contributed by atoms with E-state index in [1.807, 2.05) is 13.8 Å². The van der Waals surface area contributed by atoms with Gasteiger partial charge in [0.25, 0.3) is 0 Å². The Labute approximate surface area is 131 Å². The first-order chi connectivity index (χ1) is 10.3. The summed E-state index contributed by atoms with van der Waals surface area (Å²) in [5.74, 6) is -0.732. The Bertz CT molecular complexity index is 694. The van der Waals surface area contributed by atoms with Crippen LogP contribution in [0.5, 0.6) is 0 Å². The van der Waals surface area contributed by atoms with Crippen LogP contribution in [0.25, 0.3) is 5.57 Å². The van der Waals surface area contributed by atoms with Crippen molar-refractivity contribution in [2.75, 3.05) is 13.7 Å². The van der Waals surface area contributed by atoms with Gasteiger partial charge in [-0.15, -0.1) is 0 Å². The van der Waals surface area contributed by atoms with Crippen LogP contribution in [0, 0.1) is 5.92 Å². The molecule has 1 aliphatic rings. The van der Waals surface area contributed by atoms with Crippen LogP contribution < -0.4 is 0 Å². The number of methoxy groups -OCH3 is 1. The molecular weight excluding hydrogens is 302 g/mol. The van der Waals surface area contributed by atoms with E-state index in [0.29, 0.717) is 12.0 Å². The van der Waals surface area contributed by atoms with Crippen LogP contribution in [0.15, 0.2) is 35.7 Å². The fourth-order valence-electron chi connectivity index (χ4n) is 2.74. The topological polar surface area (TPSA) is 63.7 Å². The van der Waals surface area contributed by atoms with Gasteiger partial charge >= 0.3 is 5.97 Å². The van der Waals surface area contributed by atoms with Crippen LogP contribution >= 0.6 is 0 Å². The molecule has 0 bridgehead atoms. The summed E-state index contributed by atoms with van der Waals surface area (Å²) in [4.78, 5) is 12.3. The number of hydrogen-bond acceptors (Lipinski definition) is 4. The molecule has 0 aliphatic carbocycles. The minimum atomic E-state index is -3.78. The van der Waals surface area contributed by atoms with Crippen LogP contribution in [0.2, 0.25) is 0 Å². The van der Waals surface area contributed by atoms with Gasteiger partial charge in [-0.05, 0) is 29.5 Å². The molecule has 0 fully saturated rings. The Kier molecular flexibility index (Phi) is 4.72. The Hall–Kier alpha value is -1.66. The molecular formula is C16H21NO4S. The number of carbonyl (C=O) groups is 1. The second-order valence-corrected chi connectivity index (χ2v) is 7.54. The van der Waals surface area contributed by atoms with Crippen molar-refractivity contribution in [3.8, 4) is 0 Å². The second kappa shape index (κ2) is 6.22. The standard InChI is InChI=1S/C16H21NO4S/c1-11(2)15(16(18)21-4)17-10-9-12(3)13-7-5-6-8-14(13)22(17,19)20/h5-8,11,15H,3,9-10H2,1-2,4H3/t15-/m0/s1. The van der Waals surface area contributed by atoms with Crippen molar-refractivity contribution < 1.29 is 17.9 Å². The Morgan fingerprint density at radius 2 is 1.95 bits per heavy atom. The lowest BCUT2D eigenvalue weighted by molar-refractivity contribution is -0.146. The predicted octanol–water partition coefficient (Wildman–Crippen LogP) is 2.29. The molecule has 1 aliphatic heterocycles. The van der Waals surface area contributed by atoms with Gasteiger partial charge in [0.1, 0.15) is 6.04 Å². The SMILES string of the molecule is C=C1CCN([C@H](C(=O)OC)C(C)C)S(=O)(=O)c2ccccc21. The first-order valence-corrected chi connectivity index (χ1v) is 8.61. The summed E-state index contributed by atoms with van der Waals surface area (Å²) in [6.07, 6.45) is 0.483. The first-order valence-electron chi connectivity index (χ1n) is 7.17. The van der Waals surface area contributed by atoms with Crippen molar-refractivity contribution in [2.45, 2.75) is 31.2 Å². The van der Waals surface area contributed by atoms with E-state index < -0.39 is 22.0 Å². The molecule has 1 heterocycles. The maximum absolute atomic E-state index is 13.0. The average molecular weight is 323 g/mol. The maximum Gasteiger partial charge on any atom is 0.324 e. The van der Waals surface area contributed by atoms with Gasteiger partial charge in [0.05, 0.1) is 12.0 Å². The third-order valence-corrected chi connectivity index (χ3v) is 5.81. The van der Waals surface area contributed by atoms with Crippen molar-refractivity contribution in [3.63, 3.8) is 0 Å². The number of esters is 1. The smallest absolute Gasteiger partial charge is 0.324 e. The number of carbonyl (C=O) groups excluding carboxylic acids is 1. The molecule has 22 heavy (non-hydrogen) atoms. The molecule has 0 amide bonds. The second-order valence-electron chi connectivity index (χ2n) is 5.68. The molecule has 1 atom stereocenters. The molecule has 1 aromatic carbocycles. The normalized spacial score (nSPS) is 19.4. The summed E-state index contributed by atoms with van der Waals surface area (Å²) in [5.41, 5.74) is 1.38. The quantitative estimate of drug-likeness (QED) is 0.801. The summed E-state index contributed by atoms with van der Waals surface area (Å²) in [5, 5.41) is 0. The third kappa shape index (κ3) is 2.80. The van der Waals surface area contributed by atoms with Gasteiger partial charge in [0.15, 0.2) is 0 Å². The molecule has 6 heteroatoms. The number of fused-ring (bicyclic) bond motifs is 1. The van der Waals surface area contributed by atoms with E-state index in [1.165, 1.54) is 11.4 Å². The molecule has 0 radical (unpaired) electrons. The third-order valence-electron chi connectivity index (χ3n) is 3.87. The van der Waals surface area contributed by atoms with E-state index in [2.05, 4.69) is 6.58 Å². The zero-order valence-electron chi connectivity index (χ0n) is 13.1. The van der Waals surface area contributed by atoms with Gasteiger partial charge in [0, 0.05) is 6.54 Å². The molecule has 5 nitrogen and oxygen atoms in total. The number of rotatable bonds is 3. The van der Waals surface area contributed by atoms with Crippen molar-refractivity contribution in [1.29, 1.82) is 0 Å². The maximum atomic E-state index is 13.0. The Morgan fingerprint density at radius 3 is 2.55 bits per heavy atom. The minimum Gasteiger partial charge on any atom is -0.468 e. The van der Waals surface area contributed by atoms with Gasteiger partial charge in [0.2, 0.25) is 10.0 Å². The largest absolute Gasteiger partial charge is 0.468 e. The fraction of sp³-hybridized carbons (Fsp3) is 0.438. The summed E-state index contributed by atoms with van der Waals surface area (Å²) in [7, 11) is -2.51. The number of nitrogens with zero attached hydrogens (tertiary/aromatic N) is 1. The number of ether oxygens (including phenoxy) is 1. The van der Waals surface area contributed by atoms with E-state index in [-0.39, 0.29) is 17.4 Å². The number of hydrogen-bond donors (Lipinski definition) is 0. The average Bonchev–Trinajstić information content (AvgIpc) is 2.57. The Balaban J connectivity index is 2.60. The van der Waals surface area contributed by atoms with E-state index in [1.54, 1.807) is 24.3 Å². The summed E-state index contributed by atoms with van der Waals surface area (Å²) in [6.45, 7) is 7.81. The van der Waals surface area contributed by atoms with Gasteiger partial charge in [-0.3, -0.25) is 4.79 Å². The molecule has 2 rings (SSSR count). The highest BCUT2D eigenvalue weighted by Gasteiger charge is 2.40. The van der Waals surface area contributed by atoms with Gasteiger partial charge in [-0.25, -0.2) is 8.42 Å². The number of benzene rings is 1. The molecule has 0 saturated heterocycles. The van der Waals surface area contributed by atoms with E-state index in [0.717, 1.165) is 5.57 Å². The van der Waals surface area contributed by atoms with Crippen LogP contribution in [0.1, 0.15) is 25.8 Å². The minimum absolute atomic E-state index is 0.194. The lowest BCUT2D eigenvalue weighted by Gasteiger charge is -2.30. The molecule has 120 valence electrons.